The zero-order valence-corrected chi connectivity index (χ0v) is 23.1. The molecule has 5 aliphatic rings. The number of hydrogen-bond acceptors (Lipinski definition) is 5. The molecule has 4 fully saturated rings. The van der Waals surface area contributed by atoms with Crippen molar-refractivity contribution >= 4 is 17.6 Å². The Morgan fingerprint density at radius 3 is 2.72 bits per heavy atom. The van der Waals surface area contributed by atoms with E-state index >= 15 is 0 Å². The fourth-order valence-corrected chi connectivity index (χ4v) is 9.17. The Labute approximate surface area is 217 Å². The van der Waals surface area contributed by atoms with Gasteiger partial charge in [-0.25, -0.2) is 4.79 Å². The molecule has 0 aromatic rings. The molecule has 4 aliphatic carbocycles. The van der Waals surface area contributed by atoms with Crippen LogP contribution in [0.25, 0.3) is 0 Å². The van der Waals surface area contributed by atoms with E-state index in [9.17, 15) is 9.59 Å². The van der Waals surface area contributed by atoms with Crippen LogP contribution in [0.2, 0.25) is 0 Å². The summed E-state index contributed by atoms with van der Waals surface area (Å²) in [5, 5.41) is 7.94. The molecule has 6 nitrogen and oxygen atoms in total. The number of fused-ring (bicyclic) bond motifs is 5. The molecule has 8 atom stereocenters. The van der Waals surface area contributed by atoms with Crippen LogP contribution in [0.15, 0.2) is 16.8 Å². The average molecular weight is 498 g/mol. The predicted molar refractivity (Wildman–Crippen MR) is 143 cm³/mol. The van der Waals surface area contributed by atoms with Crippen LogP contribution in [0.3, 0.4) is 0 Å². The second kappa shape index (κ2) is 9.89. The van der Waals surface area contributed by atoms with E-state index in [0.717, 1.165) is 50.3 Å². The molecule has 1 heterocycles. The number of allylic oxidation sites excluding steroid dienone is 1. The Hall–Kier alpha value is -1.69. The van der Waals surface area contributed by atoms with Crippen molar-refractivity contribution in [3.05, 3.63) is 11.6 Å². The van der Waals surface area contributed by atoms with E-state index in [1.807, 2.05) is 13.1 Å². The third kappa shape index (κ3) is 4.56. The Balaban J connectivity index is 1.20. The highest BCUT2D eigenvalue weighted by atomic mass is 16.7. The fourth-order valence-electron chi connectivity index (χ4n) is 9.17. The first-order valence-electron chi connectivity index (χ1n) is 14.6. The third-order valence-electron chi connectivity index (χ3n) is 11.3. The van der Waals surface area contributed by atoms with Gasteiger partial charge in [-0.05, 0) is 112 Å². The van der Waals surface area contributed by atoms with Crippen LogP contribution in [-0.2, 0) is 9.63 Å². The van der Waals surface area contributed by atoms with Gasteiger partial charge >= 0.3 is 6.09 Å². The molecule has 0 radical (unpaired) electrons. The Morgan fingerprint density at radius 2 is 1.97 bits per heavy atom. The standard InChI is InChI=1S/C30H47N3O3/c1-19-16-22(31-18-19)12-15-33(5)28(35)36-32-20(2)25-8-9-26-24-7-6-21-17-23(34)10-13-29(21,3)27(24)11-14-30(25,26)4/h17,19,22,24-27,31H,6-16,18H2,1-5H3/b32-20+/t19?,22?,24-,25+,26-,27-,29-,30+/m0/s1. The Morgan fingerprint density at radius 1 is 1.17 bits per heavy atom. The van der Waals surface area contributed by atoms with Crippen molar-refractivity contribution in [3.8, 4) is 0 Å². The highest BCUT2D eigenvalue weighted by Gasteiger charge is 2.59. The molecule has 1 saturated heterocycles. The van der Waals surface area contributed by atoms with Gasteiger partial charge in [-0.15, -0.1) is 0 Å². The van der Waals surface area contributed by atoms with Crippen LogP contribution in [0.1, 0.15) is 91.9 Å². The number of nitrogens with one attached hydrogen (secondary N) is 1. The maximum absolute atomic E-state index is 12.6. The number of oxime groups is 1. The third-order valence-corrected chi connectivity index (χ3v) is 11.3. The van der Waals surface area contributed by atoms with Crippen molar-refractivity contribution in [2.45, 2.75) is 97.9 Å². The van der Waals surface area contributed by atoms with Gasteiger partial charge in [0, 0.05) is 32.0 Å². The summed E-state index contributed by atoms with van der Waals surface area (Å²) in [6.45, 7) is 11.0. The number of hydrogen-bond donors (Lipinski definition) is 1. The number of carbonyl (C=O) groups excluding carboxylic acids is 2. The zero-order valence-electron chi connectivity index (χ0n) is 23.1. The molecule has 1 aliphatic heterocycles. The molecular weight excluding hydrogens is 450 g/mol. The largest absolute Gasteiger partial charge is 0.435 e. The first-order valence-corrected chi connectivity index (χ1v) is 14.6. The Bertz CT molecular complexity index is 944. The van der Waals surface area contributed by atoms with Crippen LogP contribution in [0.4, 0.5) is 4.79 Å². The van der Waals surface area contributed by atoms with Crippen LogP contribution < -0.4 is 5.32 Å². The molecule has 0 spiro atoms. The molecular formula is C30H47N3O3. The van der Waals surface area contributed by atoms with Gasteiger partial charge in [0.2, 0.25) is 0 Å². The molecule has 0 aromatic carbocycles. The smallest absolute Gasteiger partial charge is 0.314 e. The highest BCUT2D eigenvalue weighted by Crippen LogP contribution is 2.66. The van der Waals surface area contributed by atoms with Gasteiger partial charge in [-0.2, -0.15) is 0 Å². The first kappa shape index (κ1) is 25.9. The summed E-state index contributed by atoms with van der Waals surface area (Å²) >= 11 is 0. The maximum atomic E-state index is 12.6. The van der Waals surface area contributed by atoms with Crippen LogP contribution in [0.5, 0.6) is 0 Å². The first-order chi connectivity index (χ1) is 17.1. The van der Waals surface area contributed by atoms with Crippen LogP contribution >= 0.6 is 0 Å². The van der Waals surface area contributed by atoms with Gasteiger partial charge < -0.3 is 10.2 Å². The van der Waals surface area contributed by atoms with Gasteiger partial charge in [0.05, 0.1) is 5.71 Å². The molecule has 0 aromatic heterocycles. The minimum Gasteiger partial charge on any atom is -0.314 e. The zero-order chi connectivity index (χ0) is 25.7. The number of rotatable bonds is 5. The van der Waals surface area contributed by atoms with E-state index < -0.39 is 0 Å². The van der Waals surface area contributed by atoms with E-state index in [-0.39, 0.29) is 16.9 Å². The number of carbonyl (C=O) groups is 2. The predicted octanol–water partition coefficient (Wildman–Crippen LogP) is 5.97. The maximum Gasteiger partial charge on any atom is 0.435 e. The van der Waals surface area contributed by atoms with Gasteiger partial charge in [0.25, 0.3) is 0 Å². The van der Waals surface area contributed by atoms with E-state index in [2.05, 4.69) is 38.2 Å². The van der Waals surface area contributed by atoms with Gasteiger partial charge in [0.1, 0.15) is 0 Å². The fraction of sp³-hybridized carbons (Fsp3) is 0.833. The van der Waals surface area contributed by atoms with Crippen molar-refractivity contribution in [2.24, 2.45) is 45.6 Å². The van der Waals surface area contributed by atoms with Crippen molar-refractivity contribution in [3.63, 3.8) is 0 Å². The molecule has 200 valence electrons. The molecule has 6 heteroatoms. The van der Waals surface area contributed by atoms with Crippen molar-refractivity contribution in [1.82, 2.24) is 10.2 Å². The normalized spacial score (nSPS) is 42.3. The van der Waals surface area contributed by atoms with E-state index in [0.29, 0.717) is 42.0 Å². The lowest BCUT2D eigenvalue weighted by molar-refractivity contribution is -0.117. The number of ketones is 1. The van der Waals surface area contributed by atoms with Crippen molar-refractivity contribution < 1.29 is 14.4 Å². The van der Waals surface area contributed by atoms with E-state index in [4.69, 9.17) is 4.84 Å². The second-order valence-corrected chi connectivity index (χ2v) is 13.4. The number of amides is 1. The summed E-state index contributed by atoms with van der Waals surface area (Å²) in [6, 6.07) is 0.494. The minimum absolute atomic E-state index is 0.214. The molecule has 5 rings (SSSR count). The SMILES string of the molecule is C/C(=N\OC(=O)N(C)CCC1CC(C)CN1)[C@H]1CC[C@H]2[C@@H]3CCC4=CC(=O)CC[C@]4(C)[C@H]3CC[C@]12C. The minimum atomic E-state index is -0.352. The molecule has 1 N–H and O–H groups in total. The Kier molecular flexibility index (Phi) is 7.12. The van der Waals surface area contributed by atoms with Crippen molar-refractivity contribution in [2.75, 3.05) is 20.1 Å². The summed E-state index contributed by atoms with van der Waals surface area (Å²) in [5.74, 6) is 3.55. The van der Waals surface area contributed by atoms with Crippen molar-refractivity contribution in [1.29, 1.82) is 0 Å². The van der Waals surface area contributed by atoms with Gasteiger partial charge in [-0.1, -0.05) is 31.5 Å². The summed E-state index contributed by atoms with van der Waals surface area (Å²) in [6.07, 6.45) is 12.7. The summed E-state index contributed by atoms with van der Waals surface area (Å²) in [5.41, 5.74) is 2.86. The summed E-state index contributed by atoms with van der Waals surface area (Å²) < 4.78 is 0. The molecule has 2 unspecified atom stereocenters. The monoisotopic (exact) mass is 497 g/mol. The molecule has 3 saturated carbocycles. The molecule has 0 bridgehead atoms. The van der Waals surface area contributed by atoms with Gasteiger partial charge in [-0.3, -0.25) is 9.63 Å². The van der Waals surface area contributed by atoms with Gasteiger partial charge in [0.15, 0.2) is 5.78 Å². The van der Waals surface area contributed by atoms with Crippen LogP contribution in [0, 0.1) is 40.4 Å². The quantitative estimate of drug-likeness (QED) is 0.289. The second-order valence-electron chi connectivity index (χ2n) is 13.4. The van der Waals surface area contributed by atoms with Crippen LogP contribution in [-0.4, -0.2) is 48.7 Å². The lowest BCUT2D eigenvalue weighted by Crippen LogP contribution is -2.51. The highest BCUT2D eigenvalue weighted by molar-refractivity contribution is 5.91. The number of nitrogens with zero attached hydrogens (tertiary/aromatic N) is 2. The van der Waals surface area contributed by atoms with E-state index in [1.165, 1.54) is 37.7 Å². The lowest BCUT2D eigenvalue weighted by Gasteiger charge is -2.58. The summed E-state index contributed by atoms with van der Waals surface area (Å²) in [4.78, 5) is 31.8. The average Bonchev–Trinajstić information content (AvgIpc) is 3.43. The molecule has 36 heavy (non-hydrogen) atoms. The topological polar surface area (TPSA) is 71.0 Å². The van der Waals surface area contributed by atoms with E-state index in [1.54, 1.807) is 4.90 Å². The summed E-state index contributed by atoms with van der Waals surface area (Å²) in [7, 11) is 1.81. The molecule has 1 amide bonds. The lowest BCUT2D eigenvalue weighted by atomic mass is 9.46.